The van der Waals surface area contributed by atoms with Gasteiger partial charge in [0.15, 0.2) is 0 Å². The van der Waals surface area contributed by atoms with Gasteiger partial charge in [0.05, 0.1) is 0 Å². The zero-order chi connectivity index (χ0) is 9.26. The lowest BCUT2D eigenvalue weighted by Crippen LogP contribution is -1.76. The average Bonchev–Trinajstić information content (AvgIpc) is 2.18. The van der Waals surface area contributed by atoms with Crippen LogP contribution < -0.4 is 0 Å². The minimum absolute atomic E-state index is 0.436. The van der Waals surface area contributed by atoms with Crippen molar-refractivity contribution in [2.45, 2.75) is 0 Å². The Balaban J connectivity index is 2.82. The van der Waals surface area contributed by atoms with Gasteiger partial charge in [-0.2, -0.15) is 0 Å². The van der Waals surface area contributed by atoms with Gasteiger partial charge < -0.3 is 4.85 Å². The second kappa shape index (κ2) is 3.15. The fourth-order valence-electron chi connectivity index (χ4n) is 1.18. The lowest BCUT2D eigenvalue weighted by Gasteiger charge is -1.97. The standard InChI is InChI=1S/C10H5BrN2/c1-12-10-5-7-3-2-4-9(11)8(7)6-13-10/h2-6H. The maximum atomic E-state index is 6.82. The fourth-order valence-corrected chi connectivity index (χ4v) is 1.67. The highest BCUT2D eigenvalue weighted by molar-refractivity contribution is 9.10. The van der Waals surface area contributed by atoms with E-state index >= 15 is 0 Å². The minimum Gasteiger partial charge on any atom is -0.361 e. The van der Waals surface area contributed by atoms with Crippen molar-refractivity contribution in [1.29, 1.82) is 0 Å². The molecule has 0 saturated heterocycles. The minimum atomic E-state index is 0.436. The normalized spacial score (nSPS) is 9.85. The summed E-state index contributed by atoms with van der Waals surface area (Å²) in [6.45, 7) is 6.82. The monoisotopic (exact) mass is 232 g/mol. The van der Waals surface area contributed by atoms with E-state index in [1.165, 1.54) is 0 Å². The van der Waals surface area contributed by atoms with Crippen molar-refractivity contribution >= 4 is 32.5 Å². The summed E-state index contributed by atoms with van der Waals surface area (Å²) in [7, 11) is 0. The largest absolute Gasteiger partial charge is 0.361 e. The molecule has 2 rings (SSSR count). The van der Waals surface area contributed by atoms with E-state index in [1.807, 2.05) is 18.2 Å². The van der Waals surface area contributed by atoms with E-state index in [1.54, 1.807) is 12.3 Å². The molecule has 0 atom stereocenters. The number of aromatic nitrogens is 1. The molecule has 0 aliphatic carbocycles. The number of nitrogens with zero attached hydrogens (tertiary/aromatic N) is 2. The molecular weight excluding hydrogens is 228 g/mol. The van der Waals surface area contributed by atoms with Crippen LogP contribution in [0.2, 0.25) is 0 Å². The Labute approximate surface area is 84.2 Å². The molecule has 0 amide bonds. The summed E-state index contributed by atoms with van der Waals surface area (Å²) >= 11 is 3.43. The predicted octanol–water partition coefficient (Wildman–Crippen LogP) is 3.55. The zero-order valence-corrected chi connectivity index (χ0v) is 8.25. The van der Waals surface area contributed by atoms with Crippen molar-refractivity contribution in [3.05, 3.63) is 46.4 Å². The Bertz CT molecular complexity index is 500. The molecule has 0 spiro atoms. The molecule has 13 heavy (non-hydrogen) atoms. The molecule has 0 N–H and O–H groups in total. The van der Waals surface area contributed by atoms with E-state index in [4.69, 9.17) is 6.57 Å². The number of benzene rings is 1. The molecule has 0 aliphatic heterocycles. The van der Waals surface area contributed by atoms with E-state index in [0.29, 0.717) is 5.82 Å². The Hall–Kier alpha value is -1.40. The van der Waals surface area contributed by atoms with Crippen molar-refractivity contribution in [3.63, 3.8) is 0 Å². The highest BCUT2D eigenvalue weighted by Gasteiger charge is 2.00. The Morgan fingerprint density at radius 1 is 1.38 bits per heavy atom. The molecule has 1 heterocycles. The summed E-state index contributed by atoms with van der Waals surface area (Å²) < 4.78 is 1.01. The van der Waals surface area contributed by atoms with E-state index < -0.39 is 0 Å². The summed E-state index contributed by atoms with van der Waals surface area (Å²) in [4.78, 5) is 7.28. The molecule has 0 unspecified atom stereocenters. The molecule has 0 fully saturated rings. The first-order valence-electron chi connectivity index (χ1n) is 3.73. The average molecular weight is 233 g/mol. The van der Waals surface area contributed by atoms with Crippen LogP contribution in [0.1, 0.15) is 0 Å². The predicted molar refractivity (Wildman–Crippen MR) is 55.7 cm³/mol. The third-order valence-corrected chi connectivity index (χ3v) is 2.50. The van der Waals surface area contributed by atoms with Gasteiger partial charge in [-0.05, 0) is 17.5 Å². The molecule has 2 nitrogen and oxygen atoms in total. The highest BCUT2D eigenvalue weighted by Crippen LogP contribution is 2.25. The first kappa shape index (κ1) is 8.21. The number of hydrogen-bond donors (Lipinski definition) is 0. The molecule has 0 radical (unpaired) electrons. The van der Waals surface area contributed by atoms with Crippen LogP contribution in [-0.4, -0.2) is 4.98 Å². The zero-order valence-electron chi connectivity index (χ0n) is 6.66. The van der Waals surface area contributed by atoms with Crippen molar-refractivity contribution in [3.8, 4) is 0 Å². The molecule has 62 valence electrons. The van der Waals surface area contributed by atoms with Gasteiger partial charge >= 0.3 is 0 Å². The number of hydrogen-bond acceptors (Lipinski definition) is 1. The number of halogens is 1. The molecule has 0 saturated carbocycles. The molecule has 2 aromatic rings. The number of rotatable bonds is 0. The maximum Gasteiger partial charge on any atom is 0.270 e. The third-order valence-electron chi connectivity index (χ3n) is 1.81. The summed E-state index contributed by atoms with van der Waals surface area (Å²) in [5, 5.41) is 2.07. The topological polar surface area (TPSA) is 17.2 Å². The molecule has 1 aromatic heterocycles. The quantitative estimate of drug-likeness (QED) is 0.636. The van der Waals surface area contributed by atoms with Gasteiger partial charge in [-0.15, -0.1) is 4.98 Å². The van der Waals surface area contributed by atoms with Crippen LogP contribution in [0.5, 0.6) is 0 Å². The first-order chi connectivity index (χ1) is 6.31. The second-order valence-corrected chi connectivity index (χ2v) is 3.47. The van der Waals surface area contributed by atoms with Crippen molar-refractivity contribution in [1.82, 2.24) is 4.98 Å². The highest BCUT2D eigenvalue weighted by atomic mass is 79.9. The van der Waals surface area contributed by atoms with Crippen LogP contribution in [0.15, 0.2) is 34.9 Å². The summed E-state index contributed by atoms with van der Waals surface area (Å²) in [6.07, 6.45) is 1.72. The molecule has 3 heteroatoms. The van der Waals surface area contributed by atoms with E-state index in [9.17, 15) is 0 Å². The SMILES string of the molecule is [C-]#[N+]c1cc2cccc(Br)c2cn1. The van der Waals surface area contributed by atoms with E-state index in [0.717, 1.165) is 15.2 Å². The van der Waals surface area contributed by atoms with Crippen molar-refractivity contribution in [2.75, 3.05) is 0 Å². The van der Waals surface area contributed by atoms with Crippen LogP contribution in [0.4, 0.5) is 5.82 Å². The molecule has 0 aliphatic rings. The third kappa shape index (κ3) is 1.41. The van der Waals surface area contributed by atoms with Crippen LogP contribution in [0.3, 0.4) is 0 Å². The van der Waals surface area contributed by atoms with Gasteiger partial charge in [-0.25, -0.2) is 0 Å². The van der Waals surface area contributed by atoms with Gasteiger partial charge in [0, 0.05) is 9.86 Å². The Morgan fingerprint density at radius 2 is 2.23 bits per heavy atom. The number of fused-ring (bicyclic) bond motifs is 1. The first-order valence-corrected chi connectivity index (χ1v) is 4.52. The smallest absolute Gasteiger partial charge is 0.270 e. The maximum absolute atomic E-state index is 6.82. The summed E-state index contributed by atoms with van der Waals surface area (Å²) in [6, 6.07) is 7.66. The molecule has 1 aromatic carbocycles. The fraction of sp³-hybridized carbons (Fsp3) is 0. The number of pyridine rings is 1. The molecule has 0 bridgehead atoms. The van der Waals surface area contributed by atoms with E-state index in [-0.39, 0.29) is 0 Å². The lowest BCUT2D eigenvalue weighted by molar-refractivity contribution is 1.39. The van der Waals surface area contributed by atoms with Crippen LogP contribution in [-0.2, 0) is 0 Å². The van der Waals surface area contributed by atoms with Crippen LogP contribution in [0.25, 0.3) is 15.6 Å². The Kier molecular flexibility index (Phi) is 1.99. The second-order valence-electron chi connectivity index (χ2n) is 2.62. The van der Waals surface area contributed by atoms with Crippen molar-refractivity contribution in [2.24, 2.45) is 0 Å². The van der Waals surface area contributed by atoms with Gasteiger partial charge in [-0.1, -0.05) is 34.6 Å². The summed E-state index contributed by atoms with van der Waals surface area (Å²) in [5.41, 5.74) is 0. The Morgan fingerprint density at radius 3 is 3.00 bits per heavy atom. The van der Waals surface area contributed by atoms with Gasteiger partial charge in [-0.3, -0.25) is 0 Å². The van der Waals surface area contributed by atoms with E-state index in [2.05, 4.69) is 25.8 Å². The van der Waals surface area contributed by atoms with Crippen LogP contribution >= 0.6 is 15.9 Å². The molecular formula is C10H5BrN2. The summed E-state index contributed by atoms with van der Waals surface area (Å²) in [5.74, 6) is 0.436. The van der Waals surface area contributed by atoms with Crippen LogP contribution in [0, 0.1) is 6.57 Å². The lowest BCUT2D eigenvalue weighted by atomic mass is 10.2. The van der Waals surface area contributed by atoms with Gasteiger partial charge in [0.2, 0.25) is 0 Å². The van der Waals surface area contributed by atoms with Gasteiger partial charge in [0.25, 0.3) is 5.82 Å². The van der Waals surface area contributed by atoms with Crippen molar-refractivity contribution < 1.29 is 0 Å². The van der Waals surface area contributed by atoms with Gasteiger partial charge in [0.1, 0.15) is 6.20 Å².